The highest BCUT2D eigenvalue weighted by Crippen LogP contribution is 2.29. The number of ether oxygens (including phenoxy) is 1. The van der Waals surface area contributed by atoms with Gasteiger partial charge in [-0.05, 0) is 25.1 Å². The van der Waals surface area contributed by atoms with E-state index in [9.17, 15) is 4.79 Å². The summed E-state index contributed by atoms with van der Waals surface area (Å²) in [4.78, 5) is 18.6. The molecule has 0 amide bonds. The van der Waals surface area contributed by atoms with Crippen LogP contribution in [-0.4, -0.2) is 23.0 Å². The van der Waals surface area contributed by atoms with Gasteiger partial charge in [0.2, 0.25) is 0 Å². The number of carbonyl (C=O) groups excluding carboxylic acids is 1. The second kappa shape index (κ2) is 5.00. The number of nitrogens with one attached hydrogen (secondary N) is 1. The molecule has 0 spiro atoms. The topological polar surface area (TPSA) is 55.0 Å². The lowest BCUT2D eigenvalue weighted by atomic mass is 10.2. The fraction of sp³-hybridized carbons (Fsp3) is 0.167. The number of methoxy groups -OCH3 is 1. The SMILES string of the molecule is COC(=O)c1nc(-c2cc(Cl)ccc2Cl)[nH]c1C. The van der Waals surface area contributed by atoms with E-state index in [1.54, 1.807) is 25.1 Å². The van der Waals surface area contributed by atoms with Crippen LogP contribution in [0.1, 0.15) is 16.2 Å². The fourth-order valence-electron chi connectivity index (χ4n) is 1.56. The van der Waals surface area contributed by atoms with Crippen LogP contribution in [0.15, 0.2) is 18.2 Å². The molecule has 0 saturated heterocycles. The van der Waals surface area contributed by atoms with E-state index >= 15 is 0 Å². The van der Waals surface area contributed by atoms with Gasteiger partial charge in [0.25, 0.3) is 0 Å². The number of esters is 1. The molecule has 0 aliphatic carbocycles. The summed E-state index contributed by atoms with van der Waals surface area (Å²) in [5.74, 6) is -0.00597. The molecule has 0 saturated carbocycles. The van der Waals surface area contributed by atoms with Gasteiger partial charge < -0.3 is 9.72 Å². The van der Waals surface area contributed by atoms with Crippen LogP contribution in [0.5, 0.6) is 0 Å². The first kappa shape index (κ1) is 12.9. The van der Waals surface area contributed by atoms with Gasteiger partial charge in [0.05, 0.1) is 12.1 Å². The molecule has 1 heterocycles. The van der Waals surface area contributed by atoms with Gasteiger partial charge in [0.1, 0.15) is 5.82 Å². The molecule has 1 aromatic heterocycles. The Balaban J connectivity index is 2.52. The molecule has 0 fully saturated rings. The third kappa shape index (κ3) is 2.35. The van der Waals surface area contributed by atoms with Crippen molar-refractivity contribution in [3.05, 3.63) is 39.6 Å². The second-order valence-corrected chi connectivity index (χ2v) is 4.52. The summed E-state index contributed by atoms with van der Waals surface area (Å²) in [6.07, 6.45) is 0. The minimum Gasteiger partial charge on any atom is -0.464 e. The van der Waals surface area contributed by atoms with Crippen LogP contribution in [0.3, 0.4) is 0 Å². The number of hydrogen-bond donors (Lipinski definition) is 1. The van der Waals surface area contributed by atoms with Crippen molar-refractivity contribution in [2.75, 3.05) is 7.11 Å². The lowest BCUT2D eigenvalue weighted by molar-refractivity contribution is 0.0594. The van der Waals surface area contributed by atoms with E-state index < -0.39 is 5.97 Å². The molecule has 0 aliphatic rings. The summed E-state index contributed by atoms with van der Waals surface area (Å²) >= 11 is 12.0. The number of H-pyrrole nitrogens is 1. The zero-order chi connectivity index (χ0) is 13.3. The van der Waals surface area contributed by atoms with Gasteiger partial charge in [-0.2, -0.15) is 0 Å². The lowest BCUT2D eigenvalue weighted by Crippen LogP contribution is -2.03. The van der Waals surface area contributed by atoms with Crippen molar-refractivity contribution in [2.24, 2.45) is 0 Å². The third-order valence-electron chi connectivity index (χ3n) is 2.45. The molecular weight excluding hydrogens is 275 g/mol. The van der Waals surface area contributed by atoms with Gasteiger partial charge in [-0.1, -0.05) is 23.2 Å². The molecule has 6 heteroatoms. The van der Waals surface area contributed by atoms with Crippen LogP contribution < -0.4 is 0 Å². The average molecular weight is 285 g/mol. The van der Waals surface area contributed by atoms with Gasteiger partial charge in [0.15, 0.2) is 5.69 Å². The summed E-state index contributed by atoms with van der Waals surface area (Å²) in [5.41, 5.74) is 1.50. The quantitative estimate of drug-likeness (QED) is 0.859. The van der Waals surface area contributed by atoms with E-state index in [0.29, 0.717) is 27.1 Å². The number of aryl methyl sites for hydroxylation is 1. The number of carbonyl (C=O) groups is 1. The molecule has 2 rings (SSSR count). The van der Waals surface area contributed by atoms with Crippen LogP contribution in [0.4, 0.5) is 0 Å². The molecule has 0 unspecified atom stereocenters. The zero-order valence-electron chi connectivity index (χ0n) is 9.75. The molecule has 0 aliphatic heterocycles. The first-order valence-electron chi connectivity index (χ1n) is 5.13. The summed E-state index contributed by atoms with van der Waals surface area (Å²) in [5, 5.41) is 1.05. The third-order valence-corrected chi connectivity index (χ3v) is 3.01. The molecule has 2 aromatic rings. The minimum atomic E-state index is -0.492. The molecule has 94 valence electrons. The second-order valence-electron chi connectivity index (χ2n) is 3.67. The van der Waals surface area contributed by atoms with Crippen molar-refractivity contribution in [2.45, 2.75) is 6.92 Å². The van der Waals surface area contributed by atoms with E-state index in [1.807, 2.05) is 0 Å². The molecule has 18 heavy (non-hydrogen) atoms. The van der Waals surface area contributed by atoms with E-state index in [2.05, 4.69) is 14.7 Å². The summed E-state index contributed by atoms with van der Waals surface area (Å²) in [7, 11) is 1.31. The van der Waals surface area contributed by atoms with E-state index in [0.717, 1.165) is 0 Å². The maximum atomic E-state index is 11.5. The van der Waals surface area contributed by atoms with Crippen molar-refractivity contribution in [1.82, 2.24) is 9.97 Å². The highest BCUT2D eigenvalue weighted by Gasteiger charge is 2.17. The summed E-state index contributed by atoms with van der Waals surface area (Å²) in [6, 6.07) is 5.04. The number of aromatic amines is 1. The predicted molar refractivity (Wildman–Crippen MR) is 70.1 cm³/mol. The summed E-state index contributed by atoms with van der Waals surface area (Å²) in [6.45, 7) is 1.74. The number of nitrogens with zero attached hydrogens (tertiary/aromatic N) is 1. The van der Waals surface area contributed by atoms with Crippen LogP contribution >= 0.6 is 23.2 Å². The molecular formula is C12H10Cl2N2O2. The first-order chi connectivity index (χ1) is 8.52. The molecule has 1 N–H and O–H groups in total. The van der Waals surface area contributed by atoms with Crippen molar-refractivity contribution in [3.8, 4) is 11.4 Å². The number of halogens is 2. The fourth-order valence-corrected chi connectivity index (χ4v) is 1.94. The van der Waals surface area contributed by atoms with Crippen molar-refractivity contribution in [1.29, 1.82) is 0 Å². The zero-order valence-corrected chi connectivity index (χ0v) is 11.3. The van der Waals surface area contributed by atoms with Gasteiger partial charge in [0, 0.05) is 16.3 Å². The van der Waals surface area contributed by atoms with Crippen molar-refractivity contribution >= 4 is 29.2 Å². The smallest absolute Gasteiger partial charge is 0.358 e. The standard InChI is InChI=1S/C12H10Cl2N2O2/c1-6-10(12(17)18-2)16-11(15-6)8-5-7(13)3-4-9(8)14/h3-5H,1-2H3,(H,15,16). The van der Waals surface area contributed by atoms with Gasteiger partial charge in [-0.25, -0.2) is 9.78 Å². The highest BCUT2D eigenvalue weighted by molar-refractivity contribution is 6.35. The van der Waals surface area contributed by atoms with Gasteiger partial charge in [-0.15, -0.1) is 0 Å². The van der Waals surface area contributed by atoms with Gasteiger partial charge in [-0.3, -0.25) is 0 Å². The first-order valence-corrected chi connectivity index (χ1v) is 5.89. The Morgan fingerprint density at radius 2 is 2.11 bits per heavy atom. The minimum absolute atomic E-state index is 0.239. The van der Waals surface area contributed by atoms with Crippen LogP contribution in [0.25, 0.3) is 11.4 Å². The molecule has 0 radical (unpaired) electrons. The average Bonchev–Trinajstić information content (AvgIpc) is 2.73. The number of aromatic nitrogens is 2. The number of hydrogen-bond acceptors (Lipinski definition) is 3. The van der Waals surface area contributed by atoms with Crippen LogP contribution in [0.2, 0.25) is 10.0 Å². The Kier molecular flexibility index (Phi) is 3.59. The Bertz CT molecular complexity index is 608. The van der Waals surface area contributed by atoms with E-state index in [-0.39, 0.29) is 5.69 Å². The molecule has 4 nitrogen and oxygen atoms in total. The van der Waals surface area contributed by atoms with Crippen molar-refractivity contribution in [3.63, 3.8) is 0 Å². The largest absolute Gasteiger partial charge is 0.464 e. The molecule has 0 bridgehead atoms. The van der Waals surface area contributed by atoms with E-state index in [1.165, 1.54) is 7.11 Å². The Hall–Kier alpha value is -1.52. The van der Waals surface area contributed by atoms with Crippen LogP contribution in [0, 0.1) is 6.92 Å². The predicted octanol–water partition coefficient (Wildman–Crippen LogP) is 3.48. The molecule has 1 aromatic carbocycles. The number of benzene rings is 1. The maximum absolute atomic E-state index is 11.5. The van der Waals surface area contributed by atoms with E-state index in [4.69, 9.17) is 23.2 Å². The normalized spacial score (nSPS) is 10.4. The molecule has 0 atom stereocenters. The maximum Gasteiger partial charge on any atom is 0.358 e. The Morgan fingerprint density at radius 3 is 2.78 bits per heavy atom. The van der Waals surface area contributed by atoms with Gasteiger partial charge >= 0.3 is 5.97 Å². The Morgan fingerprint density at radius 1 is 1.39 bits per heavy atom. The Labute approximate surface area is 114 Å². The number of imidazole rings is 1. The number of rotatable bonds is 2. The lowest BCUT2D eigenvalue weighted by Gasteiger charge is -2.00. The summed E-state index contributed by atoms with van der Waals surface area (Å²) < 4.78 is 4.64. The van der Waals surface area contributed by atoms with Crippen molar-refractivity contribution < 1.29 is 9.53 Å². The van der Waals surface area contributed by atoms with Crippen LogP contribution in [-0.2, 0) is 4.74 Å². The monoisotopic (exact) mass is 284 g/mol. The highest BCUT2D eigenvalue weighted by atomic mass is 35.5.